The molecule has 1 aliphatic rings. The number of amides is 2. The largest absolute Gasteiger partial charge is 0.477 e. The lowest BCUT2D eigenvalue weighted by Gasteiger charge is -2.35. The van der Waals surface area contributed by atoms with Gasteiger partial charge in [-0.15, -0.1) is 0 Å². The highest BCUT2D eigenvalue weighted by atomic mass is 16.6. The first-order valence-corrected chi connectivity index (χ1v) is 9.73. The molecule has 2 aromatic rings. The van der Waals surface area contributed by atoms with Gasteiger partial charge in [0.05, 0.1) is 23.7 Å². The number of carbonyl (C=O) groups excluding carboxylic acids is 2. The molecule has 1 aliphatic heterocycles. The summed E-state index contributed by atoms with van der Waals surface area (Å²) in [4.78, 5) is 37.7. The van der Waals surface area contributed by atoms with Gasteiger partial charge < -0.3 is 20.3 Å². The number of nitro groups is 1. The average molecular weight is 412 g/mol. The van der Waals surface area contributed by atoms with Crippen LogP contribution in [-0.2, 0) is 9.59 Å². The van der Waals surface area contributed by atoms with Crippen LogP contribution in [0, 0.1) is 17.0 Å². The lowest BCUT2D eigenvalue weighted by Crippen LogP contribution is -2.50. The van der Waals surface area contributed by atoms with E-state index in [-0.39, 0.29) is 30.4 Å². The first kappa shape index (κ1) is 21.1. The summed E-state index contributed by atoms with van der Waals surface area (Å²) in [6.07, 6.45) is 0.0446. The molecule has 2 N–H and O–H groups in total. The molecule has 0 spiro atoms. The fourth-order valence-corrected chi connectivity index (χ4v) is 3.27. The number of nitro benzene ring substituents is 1. The predicted octanol–water partition coefficient (Wildman–Crippen LogP) is 2.64. The maximum Gasteiger partial charge on any atom is 0.293 e. The Labute approximate surface area is 174 Å². The number of benzene rings is 2. The first-order valence-electron chi connectivity index (χ1n) is 9.73. The standard InChI is InChI=1S/C21H24N4O5/c1-3-11-22-21(27)18-12-24(15-8-4-5-10-17(15)30-18)13-19(26)23-20-14(2)7-6-9-16(20)25(28)29/h4-10,18H,3,11-13H2,1-2H3,(H,22,27)(H,23,26)/t18-/m0/s1. The minimum Gasteiger partial charge on any atom is -0.477 e. The summed E-state index contributed by atoms with van der Waals surface area (Å²) in [5, 5.41) is 16.8. The van der Waals surface area contributed by atoms with Crippen molar-refractivity contribution in [3.05, 3.63) is 58.1 Å². The molecular formula is C21H24N4O5. The number of nitrogens with zero attached hydrogens (tertiary/aromatic N) is 2. The van der Waals surface area contributed by atoms with Crippen LogP contribution >= 0.6 is 0 Å². The number of hydrogen-bond donors (Lipinski definition) is 2. The molecule has 30 heavy (non-hydrogen) atoms. The topological polar surface area (TPSA) is 114 Å². The van der Waals surface area contributed by atoms with Crippen LogP contribution in [0.1, 0.15) is 18.9 Å². The van der Waals surface area contributed by atoms with E-state index >= 15 is 0 Å². The summed E-state index contributed by atoms with van der Waals surface area (Å²) in [5.74, 6) is -0.154. The minimum atomic E-state index is -0.757. The minimum absolute atomic E-state index is 0.0799. The van der Waals surface area contributed by atoms with Crippen LogP contribution in [-0.4, -0.2) is 42.5 Å². The zero-order valence-corrected chi connectivity index (χ0v) is 16.9. The van der Waals surface area contributed by atoms with Crippen molar-refractivity contribution in [1.82, 2.24) is 5.32 Å². The van der Waals surface area contributed by atoms with Crippen molar-refractivity contribution in [1.29, 1.82) is 0 Å². The normalized spacial score (nSPS) is 15.0. The molecule has 0 fully saturated rings. The van der Waals surface area contributed by atoms with E-state index in [9.17, 15) is 19.7 Å². The van der Waals surface area contributed by atoms with Crippen LogP contribution in [0.4, 0.5) is 17.1 Å². The molecule has 158 valence electrons. The molecule has 3 rings (SSSR count). The van der Waals surface area contributed by atoms with Crippen molar-refractivity contribution in [3.8, 4) is 5.75 Å². The Morgan fingerprint density at radius 1 is 1.23 bits per heavy atom. The Morgan fingerprint density at radius 2 is 2.00 bits per heavy atom. The van der Waals surface area contributed by atoms with Crippen molar-refractivity contribution in [2.75, 3.05) is 29.9 Å². The van der Waals surface area contributed by atoms with Crippen LogP contribution < -0.4 is 20.3 Å². The summed E-state index contributed by atoms with van der Waals surface area (Å²) in [6.45, 7) is 4.30. The average Bonchev–Trinajstić information content (AvgIpc) is 2.73. The van der Waals surface area contributed by atoms with Crippen molar-refractivity contribution in [3.63, 3.8) is 0 Å². The lowest BCUT2D eigenvalue weighted by molar-refractivity contribution is -0.384. The highest BCUT2D eigenvalue weighted by molar-refractivity contribution is 5.97. The molecule has 9 heteroatoms. The van der Waals surface area contributed by atoms with Gasteiger partial charge in [0, 0.05) is 12.6 Å². The van der Waals surface area contributed by atoms with E-state index in [2.05, 4.69) is 10.6 Å². The summed E-state index contributed by atoms with van der Waals surface area (Å²) in [5.41, 5.74) is 1.29. The Balaban J connectivity index is 1.79. The maximum absolute atomic E-state index is 12.7. The van der Waals surface area contributed by atoms with E-state index in [1.807, 2.05) is 13.0 Å². The number of nitrogens with one attached hydrogen (secondary N) is 2. The molecule has 0 aliphatic carbocycles. The number of hydrogen-bond acceptors (Lipinski definition) is 6. The molecule has 0 saturated carbocycles. The number of anilines is 2. The number of carbonyl (C=O) groups is 2. The van der Waals surface area contributed by atoms with Gasteiger partial charge in [0.2, 0.25) is 5.91 Å². The van der Waals surface area contributed by atoms with E-state index in [0.29, 0.717) is 23.5 Å². The second-order valence-electron chi connectivity index (χ2n) is 7.02. The summed E-state index contributed by atoms with van der Waals surface area (Å²) < 4.78 is 5.82. The van der Waals surface area contributed by atoms with Gasteiger partial charge in [0.25, 0.3) is 11.6 Å². The third-order valence-electron chi connectivity index (χ3n) is 4.75. The van der Waals surface area contributed by atoms with Gasteiger partial charge in [-0.1, -0.05) is 31.2 Å². The molecule has 0 bridgehead atoms. The molecule has 1 heterocycles. The fraction of sp³-hybridized carbons (Fsp3) is 0.333. The predicted molar refractivity (Wildman–Crippen MR) is 113 cm³/mol. The number of para-hydroxylation sites is 3. The quantitative estimate of drug-likeness (QED) is 0.534. The number of fused-ring (bicyclic) bond motifs is 1. The van der Waals surface area contributed by atoms with Crippen LogP contribution in [0.3, 0.4) is 0 Å². The van der Waals surface area contributed by atoms with Crippen LogP contribution in [0.5, 0.6) is 5.75 Å². The van der Waals surface area contributed by atoms with E-state index in [4.69, 9.17) is 4.74 Å². The van der Waals surface area contributed by atoms with Gasteiger partial charge in [-0.2, -0.15) is 0 Å². The van der Waals surface area contributed by atoms with E-state index in [0.717, 1.165) is 6.42 Å². The molecule has 2 amide bonds. The molecule has 2 aromatic carbocycles. The van der Waals surface area contributed by atoms with Gasteiger partial charge in [-0.3, -0.25) is 19.7 Å². The second kappa shape index (κ2) is 9.25. The van der Waals surface area contributed by atoms with Crippen molar-refractivity contribution in [2.24, 2.45) is 0 Å². The summed E-state index contributed by atoms with van der Waals surface area (Å²) >= 11 is 0. The fourth-order valence-electron chi connectivity index (χ4n) is 3.27. The molecular weight excluding hydrogens is 388 g/mol. The van der Waals surface area contributed by atoms with Gasteiger partial charge in [-0.05, 0) is 31.0 Å². The summed E-state index contributed by atoms with van der Waals surface area (Å²) in [7, 11) is 0. The Kier molecular flexibility index (Phi) is 6.51. The number of aryl methyl sites for hydroxylation is 1. The van der Waals surface area contributed by atoms with E-state index in [1.54, 1.807) is 42.2 Å². The molecule has 0 saturated heterocycles. The SMILES string of the molecule is CCCNC(=O)[C@@H]1CN(CC(=O)Nc2c(C)cccc2[N+](=O)[O-])c2ccccc2O1. The third kappa shape index (κ3) is 4.68. The lowest BCUT2D eigenvalue weighted by atomic mass is 10.1. The first-order chi connectivity index (χ1) is 14.4. The Bertz CT molecular complexity index is 962. The van der Waals surface area contributed by atoms with Crippen LogP contribution in [0.2, 0.25) is 0 Å². The molecule has 9 nitrogen and oxygen atoms in total. The second-order valence-corrected chi connectivity index (χ2v) is 7.02. The summed E-state index contributed by atoms with van der Waals surface area (Å²) in [6, 6.07) is 11.8. The van der Waals surface area contributed by atoms with E-state index < -0.39 is 16.9 Å². The highest BCUT2D eigenvalue weighted by Gasteiger charge is 2.31. The van der Waals surface area contributed by atoms with Crippen LogP contribution in [0.25, 0.3) is 0 Å². The Hall–Kier alpha value is -3.62. The molecule has 0 unspecified atom stereocenters. The number of rotatable bonds is 7. The van der Waals surface area contributed by atoms with Gasteiger partial charge >= 0.3 is 0 Å². The number of ether oxygens (including phenoxy) is 1. The Morgan fingerprint density at radius 3 is 2.73 bits per heavy atom. The van der Waals surface area contributed by atoms with E-state index in [1.165, 1.54) is 6.07 Å². The maximum atomic E-state index is 12.7. The van der Waals surface area contributed by atoms with Gasteiger partial charge in [0.1, 0.15) is 11.4 Å². The van der Waals surface area contributed by atoms with Crippen molar-refractivity contribution < 1.29 is 19.2 Å². The van der Waals surface area contributed by atoms with Crippen LogP contribution in [0.15, 0.2) is 42.5 Å². The van der Waals surface area contributed by atoms with Crippen molar-refractivity contribution >= 4 is 28.9 Å². The zero-order chi connectivity index (χ0) is 21.7. The van der Waals surface area contributed by atoms with Gasteiger partial charge in [0.15, 0.2) is 6.10 Å². The highest BCUT2D eigenvalue weighted by Crippen LogP contribution is 2.33. The smallest absolute Gasteiger partial charge is 0.293 e. The molecule has 0 radical (unpaired) electrons. The third-order valence-corrected chi connectivity index (χ3v) is 4.75. The molecule has 0 aromatic heterocycles. The monoisotopic (exact) mass is 412 g/mol. The van der Waals surface area contributed by atoms with Crippen molar-refractivity contribution in [2.45, 2.75) is 26.4 Å². The van der Waals surface area contributed by atoms with Gasteiger partial charge in [-0.25, -0.2) is 0 Å². The zero-order valence-electron chi connectivity index (χ0n) is 16.9. The molecule has 1 atom stereocenters.